The second kappa shape index (κ2) is 17.5. The van der Waals surface area contributed by atoms with Gasteiger partial charge in [0.05, 0.1) is 38.7 Å². The SMILES string of the molecule is CCOCCOCCOCC(=O)OCN1C(=O)CCc2ccc(OCCCCN3CCN(c4cccc5sccc45)CC3)cc21. The largest absolute Gasteiger partial charge is 0.494 e. The zero-order chi connectivity index (χ0) is 31.3. The zero-order valence-electron chi connectivity index (χ0n) is 26.2. The lowest BCUT2D eigenvalue weighted by molar-refractivity contribution is -0.149. The summed E-state index contributed by atoms with van der Waals surface area (Å²) in [5, 5.41) is 3.53. The lowest BCUT2D eigenvalue weighted by atomic mass is 10.0. The van der Waals surface area contributed by atoms with Gasteiger partial charge >= 0.3 is 5.97 Å². The smallest absolute Gasteiger partial charge is 0.333 e. The van der Waals surface area contributed by atoms with Gasteiger partial charge in [-0.15, -0.1) is 11.3 Å². The molecule has 0 aliphatic carbocycles. The predicted octanol–water partition coefficient (Wildman–Crippen LogP) is 4.73. The van der Waals surface area contributed by atoms with Crippen molar-refractivity contribution in [3.8, 4) is 5.75 Å². The van der Waals surface area contributed by atoms with Crippen molar-refractivity contribution in [2.24, 2.45) is 0 Å². The van der Waals surface area contributed by atoms with Gasteiger partial charge in [0.25, 0.3) is 0 Å². The second-order valence-corrected chi connectivity index (χ2v) is 12.1. The monoisotopic (exact) mass is 639 g/mol. The highest BCUT2D eigenvalue weighted by molar-refractivity contribution is 7.17. The predicted molar refractivity (Wildman–Crippen MR) is 177 cm³/mol. The standard InChI is InChI=1S/C34H45N3O7S/c1-2-40-19-20-41-21-22-42-25-34(39)44-26-37-31-24-28(10-8-27(31)9-11-33(37)38)43-18-4-3-13-35-14-16-36(17-15-35)30-6-5-7-32-29(30)12-23-45-32/h5-8,10,12,23-24H,2-4,9,11,13-22,25-26H2,1H3. The molecule has 0 bridgehead atoms. The van der Waals surface area contributed by atoms with E-state index in [4.69, 9.17) is 23.7 Å². The van der Waals surface area contributed by atoms with Crippen LogP contribution in [0.4, 0.5) is 11.4 Å². The van der Waals surface area contributed by atoms with E-state index in [-0.39, 0.29) is 25.9 Å². The van der Waals surface area contributed by atoms with Gasteiger partial charge in [0.15, 0.2) is 6.73 Å². The van der Waals surface area contributed by atoms with Crippen molar-refractivity contribution in [2.45, 2.75) is 32.6 Å². The summed E-state index contributed by atoms with van der Waals surface area (Å²) in [6, 6.07) is 14.7. The molecule has 10 nitrogen and oxygen atoms in total. The average Bonchev–Trinajstić information content (AvgIpc) is 3.55. The highest BCUT2D eigenvalue weighted by Crippen LogP contribution is 2.32. The van der Waals surface area contributed by atoms with E-state index in [1.165, 1.54) is 20.7 Å². The molecule has 1 fully saturated rings. The van der Waals surface area contributed by atoms with Crippen LogP contribution in [-0.4, -0.2) is 102 Å². The molecular weight excluding hydrogens is 594 g/mol. The number of aryl methyl sites for hydroxylation is 1. The minimum atomic E-state index is -0.530. The Bertz CT molecular complexity index is 1370. The number of rotatable bonds is 18. The van der Waals surface area contributed by atoms with Gasteiger partial charge in [-0.3, -0.25) is 14.6 Å². The molecule has 1 amide bonds. The number of esters is 1. The topological polar surface area (TPSA) is 90.0 Å². The van der Waals surface area contributed by atoms with Crippen LogP contribution in [0, 0.1) is 0 Å². The third kappa shape index (κ3) is 9.64. The molecule has 3 aromatic rings. The molecule has 2 aliphatic heterocycles. The van der Waals surface area contributed by atoms with Crippen LogP contribution in [0.25, 0.3) is 10.1 Å². The van der Waals surface area contributed by atoms with Crippen molar-refractivity contribution in [3.63, 3.8) is 0 Å². The molecule has 0 spiro atoms. The lowest BCUT2D eigenvalue weighted by Crippen LogP contribution is -2.46. The fourth-order valence-corrected chi connectivity index (χ4v) is 6.47. The Hall–Kier alpha value is -3.22. The summed E-state index contributed by atoms with van der Waals surface area (Å²) in [4.78, 5) is 31.5. The lowest BCUT2D eigenvalue weighted by Gasteiger charge is -2.36. The number of benzene rings is 2. The van der Waals surface area contributed by atoms with Crippen LogP contribution in [-0.2, 0) is 35.0 Å². The molecular formula is C34H45N3O7S. The summed E-state index contributed by atoms with van der Waals surface area (Å²) in [6.07, 6.45) is 3.04. The zero-order valence-corrected chi connectivity index (χ0v) is 27.1. The van der Waals surface area contributed by atoms with Gasteiger partial charge in [-0.1, -0.05) is 12.1 Å². The fraction of sp³-hybridized carbons (Fsp3) is 0.529. The van der Waals surface area contributed by atoms with Crippen molar-refractivity contribution in [3.05, 3.63) is 53.4 Å². The Morgan fingerprint density at radius 3 is 2.53 bits per heavy atom. The van der Waals surface area contributed by atoms with Crippen LogP contribution in [0.1, 0.15) is 31.7 Å². The van der Waals surface area contributed by atoms with E-state index in [9.17, 15) is 9.59 Å². The van der Waals surface area contributed by atoms with Gasteiger partial charge in [0.1, 0.15) is 12.4 Å². The number of unbranched alkanes of at least 4 members (excludes halogenated alkanes) is 1. The van der Waals surface area contributed by atoms with Crippen LogP contribution < -0.4 is 14.5 Å². The third-order valence-electron chi connectivity index (χ3n) is 8.10. The second-order valence-electron chi connectivity index (χ2n) is 11.1. The number of anilines is 2. The first-order valence-electron chi connectivity index (χ1n) is 16.0. The van der Waals surface area contributed by atoms with E-state index in [1.807, 2.05) is 25.1 Å². The Morgan fingerprint density at radius 1 is 0.867 bits per heavy atom. The van der Waals surface area contributed by atoms with E-state index < -0.39 is 5.97 Å². The molecule has 5 rings (SSSR count). The maximum Gasteiger partial charge on any atom is 0.333 e. The van der Waals surface area contributed by atoms with Gasteiger partial charge in [0.2, 0.25) is 5.91 Å². The fourth-order valence-electron chi connectivity index (χ4n) is 5.66. The molecule has 1 aromatic heterocycles. The Balaban J connectivity index is 0.989. The van der Waals surface area contributed by atoms with Gasteiger partial charge in [0, 0.05) is 61.0 Å². The van der Waals surface area contributed by atoms with E-state index >= 15 is 0 Å². The third-order valence-corrected chi connectivity index (χ3v) is 8.98. The number of carbonyl (C=O) groups is 2. The van der Waals surface area contributed by atoms with E-state index in [1.54, 1.807) is 11.3 Å². The van der Waals surface area contributed by atoms with Crippen molar-refractivity contribution in [1.82, 2.24) is 4.90 Å². The molecule has 0 radical (unpaired) electrons. The van der Waals surface area contributed by atoms with Crippen LogP contribution in [0.3, 0.4) is 0 Å². The molecule has 0 unspecified atom stereocenters. The molecule has 0 saturated carbocycles. The summed E-state index contributed by atoms with van der Waals surface area (Å²) in [7, 11) is 0. The van der Waals surface area contributed by atoms with Crippen molar-refractivity contribution >= 4 is 44.7 Å². The molecule has 2 aliphatic rings. The molecule has 2 aromatic carbocycles. The summed E-state index contributed by atoms with van der Waals surface area (Å²) >= 11 is 1.80. The number of hydrogen-bond donors (Lipinski definition) is 0. The Labute approximate surface area is 269 Å². The molecule has 0 atom stereocenters. The maximum absolute atomic E-state index is 12.7. The number of fused-ring (bicyclic) bond motifs is 2. The Kier molecular flexibility index (Phi) is 12.9. The first kappa shape index (κ1) is 33.2. The average molecular weight is 640 g/mol. The van der Waals surface area contributed by atoms with Crippen LogP contribution in [0.2, 0.25) is 0 Å². The molecule has 244 valence electrons. The number of hydrogen-bond acceptors (Lipinski definition) is 10. The van der Waals surface area contributed by atoms with Crippen molar-refractivity contribution < 1.29 is 33.3 Å². The number of carbonyl (C=O) groups excluding carboxylic acids is 2. The van der Waals surface area contributed by atoms with Crippen LogP contribution >= 0.6 is 11.3 Å². The van der Waals surface area contributed by atoms with E-state index in [2.05, 4.69) is 39.4 Å². The first-order chi connectivity index (χ1) is 22.1. The normalized spacial score (nSPS) is 15.4. The van der Waals surface area contributed by atoms with Gasteiger partial charge in [-0.25, -0.2) is 4.79 Å². The number of amides is 1. The quantitative estimate of drug-likeness (QED) is 0.145. The summed E-state index contributed by atoms with van der Waals surface area (Å²) in [5.41, 5.74) is 3.12. The van der Waals surface area contributed by atoms with Gasteiger partial charge in [-0.05, 0) is 67.9 Å². The summed E-state index contributed by atoms with van der Waals surface area (Å²) in [6.45, 7) is 9.76. The highest BCUT2D eigenvalue weighted by atomic mass is 32.1. The van der Waals surface area contributed by atoms with Crippen LogP contribution in [0.5, 0.6) is 5.75 Å². The van der Waals surface area contributed by atoms with Crippen LogP contribution in [0.15, 0.2) is 47.8 Å². The summed E-state index contributed by atoms with van der Waals surface area (Å²) in [5.74, 6) is 0.102. The number of thiophene rings is 1. The summed E-state index contributed by atoms with van der Waals surface area (Å²) < 4.78 is 28.7. The Morgan fingerprint density at radius 2 is 1.69 bits per heavy atom. The molecule has 0 N–H and O–H groups in total. The van der Waals surface area contributed by atoms with Crippen molar-refractivity contribution in [2.75, 3.05) is 95.5 Å². The highest BCUT2D eigenvalue weighted by Gasteiger charge is 2.26. The minimum Gasteiger partial charge on any atom is -0.494 e. The molecule has 1 saturated heterocycles. The maximum atomic E-state index is 12.7. The number of ether oxygens (including phenoxy) is 5. The van der Waals surface area contributed by atoms with E-state index in [0.717, 1.165) is 56.8 Å². The molecule has 3 heterocycles. The number of piperazine rings is 1. The number of nitrogens with zero attached hydrogens (tertiary/aromatic N) is 3. The van der Waals surface area contributed by atoms with Crippen molar-refractivity contribution in [1.29, 1.82) is 0 Å². The van der Waals surface area contributed by atoms with E-state index in [0.29, 0.717) is 51.6 Å². The van der Waals surface area contributed by atoms with Gasteiger partial charge < -0.3 is 28.6 Å². The minimum absolute atomic E-state index is 0.0804. The van der Waals surface area contributed by atoms with Gasteiger partial charge in [-0.2, -0.15) is 0 Å². The first-order valence-corrected chi connectivity index (χ1v) is 16.9. The molecule has 45 heavy (non-hydrogen) atoms. The molecule has 11 heteroatoms.